The number of amides is 1. The molecule has 0 bridgehead atoms. The summed E-state index contributed by atoms with van der Waals surface area (Å²) in [4.78, 5) is 26.4. The average molecular weight is 414 g/mol. The molecule has 0 saturated carbocycles. The Balaban J connectivity index is 1.49. The maximum atomic E-state index is 13.0. The Hall–Kier alpha value is -2.93. The van der Waals surface area contributed by atoms with Crippen molar-refractivity contribution in [1.82, 2.24) is 10.2 Å². The van der Waals surface area contributed by atoms with Gasteiger partial charge in [-0.05, 0) is 61.3 Å². The van der Waals surface area contributed by atoms with Gasteiger partial charge in [-0.25, -0.2) is 9.18 Å². The molecular formula is C23H27FN2O4. The lowest BCUT2D eigenvalue weighted by molar-refractivity contribution is -0.128. The topological polar surface area (TPSA) is 67.9 Å². The van der Waals surface area contributed by atoms with Crippen molar-refractivity contribution in [3.63, 3.8) is 0 Å². The summed E-state index contributed by atoms with van der Waals surface area (Å²) in [6, 6.07) is 12.7. The monoisotopic (exact) mass is 414 g/mol. The van der Waals surface area contributed by atoms with Crippen molar-refractivity contribution >= 4 is 11.9 Å². The number of hydrogen-bond acceptors (Lipinski definition) is 5. The van der Waals surface area contributed by atoms with Crippen LogP contribution in [-0.4, -0.2) is 49.6 Å². The largest absolute Gasteiger partial charge is 0.492 e. The van der Waals surface area contributed by atoms with Gasteiger partial charge in [0.05, 0.1) is 18.7 Å². The van der Waals surface area contributed by atoms with Crippen LogP contribution in [0, 0.1) is 5.82 Å². The minimum Gasteiger partial charge on any atom is -0.492 e. The molecule has 1 N–H and O–H groups in total. The number of nitrogens with zero attached hydrogens (tertiary/aromatic N) is 1. The van der Waals surface area contributed by atoms with Crippen LogP contribution in [0.1, 0.15) is 35.2 Å². The third-order valence-electron chi connectivity index (χ3n) is 5.22. The second-order valence-electron chi connectivity index (χ2n) is 7.26. The van der Waals surface area contributed by atoms with Gasteiger partial charge in [-0.1, -0.05) is 18.6 Å². The molecule has 2 aromatic rings. The smallest absolute Gasteiger partial charge is 0.337 e. The standard InChI is InChI=1S/C23H27FN2O4/c1-29-23(28)18-7-5-17(6-8-18)16-25-22(27)21-4-2-3-13-26(21)14-15-30-20-11-9-19(24)10-12-20/h5-12,21H,2-4,13-16H2,1H3,(H,25,27). The van der Waals surface area contributed by atoms with E-state index in [2.05, 4.69) is 10.2 Å². The first-order valence-corrected chi connectivity index (χ1v) is 10.1. The molecule has 3 rings (SSSR count). The fraction of sp³-hybridized carbons (Fsp3) is 0.391. The van der Waals surface area contributed by atoms with E-state index >= 15 is 0 Å². The molecule has 30 heavy (non-hydrogen) atoms. The van der Waals surface area contributed by atoms with E-state index in [1.807, 2.05) is 12.1 Å². The van der Waals surface area contributed by atoms with Crippen LogP contribution in [0.4, 0.5) is 4.39 Å². The summed E-state index contributed by atoms with van der Waals surface area (Å²) in [6.45, 7) is 2.31. The number of benzene rings is 2. The van der Waals surface area contributed by atoms with E-state index in [1.54, 1.807) is 24.3 Å². The number of methoxy groups -OCH3 is 1. The van der Waals surface area contributed by atoms with E-state index in [0.29, 0.717) is 31.0 Å². The van der Waals surface area contributed by atoms with Gasteiger partial charge in [-0.3, -0.25) is 9.69 Å². The number of ether oxygens (including phenoxy) is 2. The summed E-state index contributed by atoms with van der Waals surface area (Å²) in [5.74, 6) is -0.0697. The fourth-order valence-corrected chi connectivity index (χ4v) is 3.55. The highest BCUT2D eigenvalue weighted by Gasteiger charge is 2.28. The zero-order valence-electron chi connectivity index (χ0n) is 17.1. The van der Waals surface area contributed by atoms with E-state index in [9.17, 15) is 14.0 Å². The minimum atomic E-state index is -0.383. The summed E-state index contributed by atoms with van der Waals surface area (Å²) in [7, 11) is 1.34. The molecule has 1 aliphatic heterocycles. The molecule has 7 heteroatoms. The van der Waals surface area contributed by atoms with Gasteiger partial charge in [0.2, 0.25) is 5.91 Å². The molecule has 2 aromatic carbocycles. The highest BCUT2D eigenvalue weighted by atomic mass is 19.1. The van der Waals surface area contributed by atoms with Gasteiger partial charge in [0.15, 0.2) is 0 Å². The van der Waals surface area contributed by atoms with Crippen LogP contribution in [-0.2, 0) is 16.1 Å². The quantitative estimate of drug-likeness (QED) is 0.672. The van der Waals surface area contributed by atoms with Crippen molar-refractivity contribution in [2.75, 3.05) is 26.8 Å². The van der Waals surface area contributed by atoms with Crippen molar-refractivity contribution in [3.8, 4) is 5.75 Å². The minimum absolute atomic E-state index is 0.00599. The molecule has 0 aromatic heterocycles. The molecule has 160 valence electrons. The first-order chi connectivity index (χ1) is 14.6. The van der Waals surface area contributed by atoms with Crippen LogP contribution < -0.4 is 10.1 Å². The lowest BCUT2D eigenvalue weighted by Crippen LogP contribution is -2.50. The van der Waals surface area contributed by atoms with Gasteiger partial charge in [-0.15, -0.1) is 0 Å². The van der Waals surface area contributed by atoms with Crippen LogP contribution in [0.5, 0.6) is 5.75 Å². The molecule has 1 amide bonds. The number of nitrogens with one attached hydrogen (secondary N) is 1. The summed E-state index contributed by atoms with van der Waals surface area (Å²) < 4.78 is 23.4. The van der Waals surface area contributed by atoms with E-state index in [1.165, 1.54) is 19.2 Å². The van der Waals surface area contributed by atoms with Crippen LogP contribution in [0.3, 0.4) is 0 Å². The molecule has 1 fully saturated rings. The second kappa shape index (κ2) is 10.7. The number of carbonyl (C=O) groups excluding carboxylic acids is 2. The van der Waals surface area contributed by atoms with Crippen LogP contribution in [0.15, 0.2) is 48.5 Å². The normalized spacial score (nSPS) is 16.7. The molecule has 6 nitrogen and oxygen atoms in total. The number of rotatable bonds is 8. The zero-order chi connectivity index (χ0) is 21.3. The van der Waals surface area contributed by atoms with Crippen molar-refractivity contribution in [3.05, 3.63) is 65.5 Å². The average Bonchev–Trinajstić information content (AvgIpc) is 2.79. The Labute approximate surface area is 176 Å². The molecule has 1 atom stereocenters. The van der Waals surface area contributed by atoms with Gasteiger partial charge in [-0.2, -0.15) is 0 Å². The lowest BCUT2D eigenvalue weighted by Gasteiger charge is -2.34. The summed E-state index contributed by atoms with van der Waals surface area (Å²) in [5.41, 5.74) is 1.39. The SMILES string of the molecule is COC(=O)c1ccc(CNC(=O)C2CCCCN2CCOc2ccc(F)cc2)cc1. The van der Waals surface area contributed by atoms with Crippen molar-refractivity contribution in [2.24, 2.45) is 0 Å². The van der Waals surface area contributed by atoms with Crippen LogP contribution >= 0.6 is 0 Å². The molecular weight excluding hydrogens is 387 g/mol. The predicted molar refractivity (Wildman–Crippen MR) is 111 cm³/mol. The first-order valence-electron chi connectivity index (χ1n) is 10.1. The molecule has 1 aliphatic rings. The maximum Gasteiger partial charge on any atom is 0.337 e. The Kier molecular flexibility index (Phi) is 7.79. The van der Waals surface area contributed by atoms with Crippen molar-refractivity contribution < 1.29 is 23.5 Å². The van der Waals surface area contributed by atoms with E-state index in [0.717, 1.165) is 31.4 Å². The Morgan fingerprint density at radius 2 is 1.83 bits per heavy atom. The van der Waals surface area contributed by atoms with Gasteiger partial charge in [0, 0.05) is 13.1 Å². The zero-order valence-corrected chi connectivity index (χ0v) is 17.1. The maximum absolute atomic E-state index is 13.0. The lowest BCUT2D eigenvalue weighted by atomic mass is 10.0. The number of piperidine rings is 1. The van der Waals surface area contributed by atoms with Gasteiger partial charge in [0.25, 0.3) is 0 Å². The number of esters is 1. The molecule has 0 aliphatic carbocycles. The number of likely N-dealkylation sites (tertiary alicyclic amines) is 1. The highest BCUT2D eigenvalue weighted by Crippen LogP contribution is 2.18. The summed E-state index contributed by atoms with van der Waals surface area (Å²) >= 11 is 0. The summed E-state index contributed by atoms with van der Waals surface area (Å²) in [6.07, 6.45) is 2.88. The van der Waals surface area contributed by atoms with E-state index in [-0.39, 0.29) is 23.7 Å². The molecule has 1 unspecified atom stereocenters. The van der Waals surface area contributed by atoms with Gasteiger partial charge >= 0.3 is 5.97 Å². The number of carbonyl (C=O) groups is 2. The Morgan fingerprint density at radius 1 is 1.10 bits per heavy atom. The van der Waals surface area contributed by atoms with Crippen molar-refractivity contribution in [1.29, 1.82) is 0 Å². The highest BCUT2D eigenvalue weighted by molar-refractivity contribution is 5.89. The van der Waals surface area contributed by atoms with Gasteiger partial charge in [0.1, 0.15) is 18.2 Å². The second-order valence-corrected chi connectivity index (χ2v) is 7.26. The fourth-order valence-electron chi connectivity index (χ4n) is 3.55. The number of halogens is 1. The van der Waals surface area contributed by atoms with E-state index in [4.69, 9.17) is 9.47 Å². The van der Waals surface area contributed by atoms with Crippen LogP contribution in [0.25, 0.3) is 0 Å². The summed E-state index contributed by atoms with van der Waals surface area (Å²) in [5, 5.41) is 3.00. The molecule has 0 spiro atoms. The molecule has 0 radical (unpaired) electrons. The van der Waals surface area contributed by atoms with Crippen molar-refractivity contribution in [2.45, 2.75) is 31.8 Å². The molecule has 1 saturated heterocycles. The Bertz CT molecular complexity index is 839. The third-order valence-corrected chi connectivity index (χ3v) is 5.22. The third kappa shape index (κ3) is 6.03. The van der Waals surface area contributed by atoms with E-state index < -0.39 is 0 Å². The van der Waals surface area contributed by atoms with Gasteiger partial charge < -0.3 is 14.8 Å². The van der Waals surface area contributed by atoms with Crippen LogP contribution in [0.2, 0.25) is 0 Å². The molecule has 1 heterocycles. The Morgan fingerprint density at radius 3 is 2.53 bits per heavy atom. The first kappa shape index (κ1) is 21.8. The number of hydrogen-bond donors (Lipinski definition) is 1. The predicted octanol–water partition coefficient (Wildman–Crippen LogP) is 3.16.